The molecule has 0 spiro atoms. The Morgan fingerprint density at radius 2 is 0.376 bits per heavy atom. The normalized spacial score (nSPS) is 12.3. The Morgan fingerprint density at radius 1 is 0.144 bits per heavy atom. The van der Waals surface area contributed by atoms with Gasteiger partial charge in [0.1, 0.15) is 0 Å². The molecule has 125 heavy (non-hydrogen) atoms. The lowest BCUT2D eigenvalue weighted by Crippen LogP contribution is -2.10. The van der Waals surface area contributed by atoms with Crippen LogP contribution in [0, 0.1) is 0 Å². The van der Waals surface area contributed by atoms with E-state index in [9.17, 15) is 0 Å². The van der Waals surface area contributed by atoms with Crippen molar-refractivity contribution in [3.8, 4) is 34.1 Å². The van der Waals surface area contributed by atoms with Crippen LogP contribution < -0.4 is 0 Å². The van der Waals surface area contributed by atoms with Crippen molar-refractivity contribution in [1.29, 1.82) is 0 Å². The Balaban J connectivity index is 0.000000103. The number of thiophene rings is 1. The molecular formula is C118H100N6S. The second-order valence-electron chi connectivity index (χ2n) is 37.7. The second-order valence-corrected chi connectivity index (χ2v) is 38.8. The molecule has 0 fully saturated rings. The number of para-hydroxylation sites is 9. The molecule has 0 N–H and O–H groups in total. The van der Waals surface area contributed by atoms with Gasteiger partial charge in [-0.3, -0.25) is 0 Å². The van der Waals surface area contributed by atoms with Crippen molar-refractivity contribution in [3.63, 3.8) is 0 Å². The van der Waals surface area contributed by atoms with Gasteiger partial charge >= 0.3 is 0 Å². The van der Waals surface area contributed by atoms with Crippen LogP contribution in [0.2, 0.25) is 0 Å². The quantitative estimate of drug-likeness (QED) is 0.159. The predicted octanol–water partition coefficient (Wildman–Crippen LogP) is 32.9. The van der Waals surface area contributed by atoms with E-state index in [1.165, 1.54) is 207 Å². The molecule has 0 radical (unpaired) electrons. The maximum Gasteiger partial charge on any atom is 0.0562 e. The third-order valence-corrected chi connectivity index (χ3v) is 26.8. The van der Waals surface area contributed by atoms with Crippen LogP contribution in [0.15, 0.2) is 388 Å². The van der Waals surface area contributed by atoms with E-state index in [2.05, 4.69) is 499 Å². The maximum atomic E-state index is 2.42. The molecule has 0 saturated carbocycles. The van der Waals surface area contributed by atoms with E-state index in [1.807, 2.05) is 11.3 Å². The maximum absolute atomic E-state index is 2.42. The van der Waals surface area contributed by atoms with Crippen molar-refractivity contribution in [2.24, 2.45) is 0 Å². The second kappa shape index (κ2) is 30.4. The van der Waals surface area contributed by atoms with Crippen LogP contribution in [0.1, 0.15) is 105 Å². The number of fused-ring (bicyclic) bond motifs is 21. The Hall–Kier alpha value is -14.2. The standard InChI is InChI=1S/2C34H28N2.C28H23NS.C22H21N/c1-34(2,3)23-17-19-32-28(21-23)29-22-25(18-20-33(29)35(32)24-11-5-4-6-12-24)36-30-15-9-7-13-26(30)27-14-8-10-16-31(27)36;1-34(2,3)23-17-19-25(20-18-23)36-31-16-10-8-14-27(31)29-21-28-26-13-7-9-15-30(26)35(32(28)22-33(29)36)24-11-5-4-6-12-24;1-28(2,3)18-12-14-19(15-13-18)29-24-10-6-4-8-20(24)22-16-23-21-9-5-7-11-26(21)30-27(23)17-25(22)29;1-22(2,3)16-13-14-21-19(15-16)18-11-7-8-12-20(18)23(21)17-9-5-4-6-10-17/h2*4-22H,1-3H3;4-17H,1-3H3;4-15H,1-3H3. The zero-order valence-electron chi connectivity index (χ0n) is 73.0. The summed E-state index contributed by atoms with van der Waals surface area (Å²) in [5, 5.41) is 18.3. The molecule has 17 aromatic carbocycles. The molecule has 0 aliphatic rings. The van der Waals surface area contributed by atoms with Crippen molar-refractivity contribution in [1.82, 2.24) is 27.4 Å². The fraction of sp³-hybridized carbons (Fsp3) is 0.136. The van der Waals surface area contributed by atoms with Crippen LogP contribution in [0.5, 0.6) is 0 Å². The van der Waals surface area contributed by atoms with Gasteiger partial charge in [0.15, 0.2) is 0 Å². The number of rotatable bonds is 6. The van der Waals surface area contributed by atoms with Gasteiger partial charge < -0.3 is 27.4 Å². The average Bonchev–Trinajstić information content (AvgIpc) is 1.57. The third kappa shape index (κ3) is 13.6. The molecule has 0 amide bonds. The first-order chi connectivity index (χ1) is 60.6. The summed E-state index contributed by atoms with van der Waals surface area (Å²) in [6, 6.07) is 142. The molecule has 24 rings (SSSR count). The summed E-state index contributed by atoms with van der Waals surface area (Å²) in [7, 11) is 0. The molecule has 7 aromatic heterocycles. The highest BCUT2D eigenvalue weighted by Gasteiger charge is 2.26. The van der Waals surface area contributed by atoms with Gasteiger partial charge in [0, 0.05) is 119 Å². The monoisotopic (exact) mass is 1630 g/mol. The van der Waals surface area contributed by atoms with Gasteiger partial charge in [0.25, 0.3) is 0 Å². The first-order valence-corrected chi connectivity index (χ1v) is 44.7. The molecule has 608 valence electrons. The molecular weight excluding hydrogens is 1530 g/mol. The van der Waals surface area contributed by atoms with Crippen LogP contribution in [-0.4, -0.2) is 27.4 Å². The summed E-state index contributed by atoms with van der Waals surface area (Å²) in [5.74, 6) is 0. The number of nitrogens with zero attached hydrogens (tertiary/aromatic N) is 6. The molecule has 0 atom stereocenters. The van der Waals surface area contributed by atoms with Gasteiger partial charge in [-0.05, 0) is 214 Å². The van der Waals surface area contributed by atoms with E-state index in [-0.39, 0.29) is 21.7 Å². The Morgan fingerprint density at radius 3 is 0.736 bits per heavy atom. The molecule has 7 heterocycles. The predicted molar refractivity (Wildman–Crippen MR) is 539 cm³/mol. The number of aromatic nitrogens is 6. The van der Waals surface area contributed by atoms with Crippen molar-refractivity contribution in [2.75, 3.05) is 0 Å². The molecule has 0 unspecified atom stereocenters. The molecule has 0 saturated heterocycles. The SMILES string of the molecule is CC(C)(C)c1ccc(-n2c3ccccc3c3cc4c(cc32)sc2ccccc24)cc1.CC(C)(C)c1ccc(-n2c3ccccc3c3cc4c5ccccc5n(-c5ccccc5)c4cc32)cc1.CC(C)(C)c1ccc2c(c1)c1cc(-n3c4ccccc4c4ccccc43)ccc1n2-c1ccccc1.CC(C)(C)c1ccc2c(c1)c1ccccc1n2-c1ccccc1. The number of hydrogen-bond donors (Lipinski definition) is 0. The number of hydrogen-bond acceptors (Lipinski definition) is 1. The third-order valence-electron chi connectivity index (χ3n) is 25.7. The van der Waals surface area contributed by atoms with Gasteiger partial charge in [-0.25, -0.2) is 0 Å². The minimum Gasteiger partial charge on any atom is -0.309 e. The summed E-state index contributed by atoms with van der Waals surface area (Å²) in [4.78, 5) is 0. The fourth-order valence-electron chi connectivity index (χ4n) is 19.2. The van der Waals surface area contributed by atoms with Gasteiger partial charge in [0.05, 0.1) is 66.2 Å². The topological polar surface area (TPSA) is 29.6 Å². The Kier molecular flexibility index (Phi) is 19.0. The highest BCUT2D eigenvalue weighted by molar-refractivity contribution is 7.25. The summed E-state index contributed by atoms with van der Waals surface area (Å²) in [6.45, 7) is 27.3. The fourth-order valence-corrected chi connectivity index (χ4v) is 20.3. The Bertz CT molecular complexity index is 8220. The highest BCUT2D eigenvalue weighted by atomic mass is 32.1. The minimum atomic E-state index is 0.0831. The van der Waals surface area contributed by atoms with Crippen molar-refractivity contribution >= 4 is 162 Å². The molecule has 7 heteroatoms. The smallest absolute Gasteiger partial charge is 0.0562 e. The minimum absolute atomic E-state index is 0.0831. The first kappa shape index (κ1) is 78.0. The van der Waals surface area contributed by atoms with E-state index < -0.39 is 0 Å². The summed E-state index contributed by atoms with van der Waals surface area (Å²) in [5.41, 5.74) is 28.1. The number of benzene rings is 17. The molecule has 0 aliphatic heterocycles. The van der Waals surface area contributed by atoms with Gasteiger partial charge in [-0.15, -0.1) is 11.3 Å². The van der Waals surface area contributed by atoms with E-state index >= 15 is 0 Å². The molecule has 0 aliphatic carbocycles. The van der Waals surface area contributed by atoms with Crippen LogP contribution >= 0.6 is 11.3 Å². The summed E-state index contributed by atoms with van der Waals surface area (Å²) >= 11 is 1.88. The lowest BCUT2D eigenvalue weighted by atomic mass is 9.86. The van der Waals surface area contributed by atoms with E-state index in [4.69, 9.17) is 0 Å². The molecule has 24 aromatic rings. The van der Waals surface area contributed by atoms with Crippen LogP contribution in [0.4, 0.5) is 0 Å². The summed E-state index contributed by atoms with van der Waals surface area (Å²) in [6.07, 6.45) is 0. The van der Waals surface area contributed by atoms with Crippen molar-refractivity contribution in [2.45, 2.75) is 105 Å². The highest BCUT2D eigenvalue weighted by Crippen LogP contribution is 2.46. The first-order valence-electron chi connectivity index (χ1n) is 43.9. The Labute approximate surface area is 734 Å². The van der Waals surface area contributed by atoms with E-state index in [1.54, 1.807) is 0 Å². The van der Waals surface area contributed by atoms with Gasteiger partial charge in [-0.1, -0.05) is 301 Å². The molecule has 6 nitrogen and oxygen atoms in total. The lowest BCUT2D eigenvalue weighted by molar-refractivity contribution is 0.590. The van der Waals surface area contributed by atoms with Crippen molar-refractivity contribution < 1.29 is 0 Å². The van der Waals surface area contributed by atoms with E-state index in [0.29, 0.717) is 0 Å². The summed E-state index contributed by atoms with van der Waals surface area (Å²) < 4.78 is 17.1. The van der Waals surface area contributed by atoms with Gasteiger partial charge in [0.2, 0.25) is 0 Å². The van der Waals surface area contributed by atoms with Crippen LogP contribution in [-0.2, 0) is 21.7 Å². The zero-order valence-corrected chi connectivity index (χ0v) is 73.9. The van der Waals surface area contributed by atoms with Gasteiger partial charge in [-0.2, -0.15) is 0 Å². The molecule has 0 bridgehead atoms. The lowest BCUT2D eigenvalue weighted by Gasteiger charge is -2.19. The van der Waals surface area contributed by atoms with Crippen LogP contribution in [0.3, 0.4) is 0 Å². The van der Waals surface area contributed by atoms with E-state index in [0.717, 1.165) is 0 Å². The zero-order chi connectivity index (χ0) is 85.4. The largest absolute Gasteiger partial charge is 0.309 e. The van der Waals surface area contributed by atoms with Crippen molar-refractivity contribution in [3.05, 3.63) is 411 Å². The average molecular weight is 1630 g/mol. The van der Waals surface area contributed by atoms with Crippen LogP contribution in [0.25, 0.3) is 185 Å².